The first-order valence-corrected chi connectivity index (χ1v) is 8.50. The molecule has 1 unspecified atom stereocenters. The quantitative estimate of drug-likeness (QED) is 0.770. The second kappa shape index (κ2) is 6.17. The summed E-state index contributed by atoms with van der Waals surface area (Å²) in [5.74, 6) is -0.316. The van der Waals surface area contributed by atoms with Gasteiger partial charge >= 0.3 is 0 Å². The number of hydrogen-bond acceptors (Lipinski definition) is 4. The van der Waals surface area contributed by atoms with Crippen molar-refractivity contribution in [2.75, 3.05) is 13.2 Å². The predicted octanol–water partition coefficient (Wildman–Crippen LogP) is 0.625. The van der Waals surface area contributed by atoms with Crippen molar-refractivity contribution in [3.8, 4) is 0 Å². The molecule has 1 amide bonds. The number of nitrogens with two attached hydrogens (primary N) is 1. The number of carbonyl (C=O) groups is 1. The van der Waals surface area contributed by atoms with E-state index in [1.807, 2.05) is 13.8 Å². The van der Waals surface area contributed by atoms with Crippen LogP contribution in [0.1, 0.15) is 43.2 Å². The van der Waals surface area contributed by atoms with Gasteiger partial charge < -0.3 is 14.6 Å². The molecule has 0 aromatic carbocycles. The van der Waals surface area contributed by atoms with Gasteiger partial charge in [0.1, 0.15) is 10.6 Å². The van der Waals surface area contributed by atoms with Gasteiger partial charge in [0.25, 0.3) is 5.91 Å². The van der Waals surface area contributed by atoms with Gasteiger partial charge in [0, 0.05) is 24.9 Å². The Balaban J connectivity index is 2.18. The molecule has 1 saturated carbocycles. The third kappa shape index (κ3) is 4.05. The maximum atomic E-state index is 12.3. The number of primary sulfonamides is 1. The second-order valence-electron chi connectivity index (χ2n) is 5.28. The third-order valence-corrected chi connectivity index (χ3v) is 4.15. The predicted molar refractivity (Wildman–Crippen MR) is 77.5 cm³/mol. The van der Waals surface area contributed by atoms with Crippen molar-refractivity contribution in [3.05, 3.63) is 18.0 Å². The van der Waals surface area contributed by atoms with E-state index in [2.05, 4.69) is 5.32 Å². The molecule has 0 bridgehead atoms. The molecule has 1 aromatic heterocycles. The van der Waals surface area contributed by atoms with Gasteiger partial charge in [0.15, 0.2) is 0 Å². The number of rotatable bonds is 7. The topological polar surface area (TPSA) is 103 Å². The van der Waals surface area contributed by atoms with Crippen LogP contribution < -0.4 is 10.5 Å². The smallest absolute Gasteiger partial charge is 0.268 e. The number of nitrogens with one attached hydrogen (secondary N) is 1. The van der Waals surface area contributed by atoms with Gasteiger partial charge in [-0.15, -0.1) is 0 Å². The lowest BCUT2D eigenvalue weighted by Gasteiger charge is -2.14. The fraction of sp³-hybridized carbons (Fsp3) is 0.615. The molecule has 2 rings (SSSR count). The monoisotopic (exact) mass is 315 g/mol. The number of nitrogens with zero attached hydrogens (tertiary/aromatic N) is 1. The number of amides is 1. The molecule has 118 valence electrons. The summed E-state index contributed by atoms with van der Waals surface area (Å²) in [4.78, 5) is 12.3. The van der Waals surface area contributed by atoms with Crippen LogP contribution in [0.5, 0.6) is 0 Å². The lowest BCUT2D eigenvalue weighted by atomic mass is 10.3. The first-order valence-electron chi connectivity index (χ1n) is 6.96. The lowest BCUT2D eigenvalue weighted by Crippen LogP contribution is -2.36. The van der Waals surface area contributed by atoms with Gasteiger partial charge in [-0.3, -0.25) is 4.79 Å². The average Bonchev–Trinajstić information content (AvgIpc) is 3.13. The van der Waals surface area contributed by atoms with Crippen LogP contribution >= 0.6 is 0 Å². The number of ether oxygens (including phenoxy) is 1. The molecular weight excluding hydrogens is 294 g/mol. The minimum absolute atomic E-state index is 0.0305. The fourth-order valence-corrected chi connectivity index (χ4v) is 2.62. The molecule has 0 spiro atoms. The second-order valence-corrected chi connectivity index (χ2v) is 6.84. The van der Waals surface area contributed by atoms with Gasteiger partial charge in [0.2, 0.25) is 10.0 Å². The molecule has 1 fully saturated rings. The van der Waals surface area contributed by atoms with Crippen molar-refractivity contribution in [1.29, 1.82) is 0 Å². The molecular formula is C13H21N3O4S. The molecule has 8 heteroatoms. The Morgan fingerprint density at radius 1 is 1.57 bits per heavy atom. The van der Waals surface area contributed by atoms with E-state index in [1.54, 1.807) is 4.57 Å². The Hall–Kier alpha value is -1.38. The Bertz CT molecular complexity index is 619. The zero-order valence-corrected chi connectivity index (χ0v) is 13.0. The zero-order valence-electron chi connectivity index (χ0n) is 12.2. The number of sulfonamides is 1. The van der Waals surface area contributed by atoms with Crippen LogP contribution in [0.2, 0.25) is 0 Å². The van der Waals surface area contributed by atoms with Crippen LogP contribution in [-0.4, -0.2) is 38.1 Å². The van der Waals surface area contributed by atoms with Crippen LogP contribution in [0.15, 0.2) is 17.2 Å². The zero-order chi connectivity index (χ0) is 15.6. The molecule has 7 nitrogen and oxygen atoms in total. The molecule has 1 aliphatic carbocycles. The summed E-state index contributed by atoms with van der Waals surface area (Å²) in [6.45, 7) is 4.70. The molecule has 21 heavy (non-hydrogen) atoms. The minimum atomic E-state index is -3.81. The fourth-order valence-electron chi connectivity index (χ4n) is 2.08. The highest BCUT2D eigenvalue weighted by Crippen LogP contribution is 2.37. The van der Waals surface area contributed by atoms with E-state index in [0.717, 1.165) is 12.8 Å². The van der Waals surface area contributed by atoms with E-state index in [-0.39, 0.29) is 22.9 Å². The van der Waals surface area contributed by atoms with E-state index in [0.29, 0.717) is 18.9 Å². The summed E-state index contributed by atoms with van der Waals surface area (Å²) in [6.07, 6.45) is 3.32. The molecule has 1 aliphatic rings. The minimum Gasteiger partial charge on any atom is -0.380 e. The Morgan fingerprint density at radius 3 is 2.76 bits per heavy atom. The summed E-state index contributed by atoms with van der Waals surface area (Å²) in [7, 11) is -3.81. The summed E-state index contributed by atoms with van der Waals surface area (Å²) in [5.41, 5.74) is 0.324. The normalized spacial score (nSPS) is 16.7. The molecule has 0 aliphatic heterocycles. The number of carbonyl (C=O) groups excluding carboxylic acids is 1. The summed E-state index contributed by atoms with van der Waals surface area (Å²) < 4.78 is 29.8. The van der Waals surface area contributed by atoms with E-state index in [1.165, 1.54) is 12.3 Å². The Kier molecular flexibility index (Phi) is 4.70. The summed E-state index contributed by atoms with van der Waals surface area (Å²) in [6, 6.07) is 1.36. The SMILES string of the molecule is CCOCC(C)NC(=O)c1cc(S(N)(=O)=O)cn1C1CC1. The molecule has 1 aromatic rings. The van der Waals surface area contributed by atoms with Crippen molar-refractivity contribution in [2.45, 2.75) is 43.7 Å². The summed E-state index contributed by atoms with van der Waals surface area (Å²) in [5, 5.41) is 7.93. The Morgan fingerprint density at radius 2 is 2.24 bits per heavy atom. The molecule has 0 radical (unpaired) electrons. The highest BCUT2D eigenvalue weighted by molar-refractivity contribution is 7.89. The van der Waals surface area contributed by atoms with E-state index < -0.39 is 10.0 Å². The average molecular weight is 315 g/mol. The third-order valence-electron chi connectivity index (χ3n) is 3.27. The van der Waals surface area contributed by atoms with E-state index >= 15 is 0 Å². The summed E-state index contributed by atoms with van der Waals surface area (Å²) >= 11 is 0. The number of aromatic nitrogens is 1. The van der Waals surface area contributed by atoms with Crippen LogP contribution in [-0.2, 0) is 14.8 Å². The Labute approximate surface area is 124 Å². The van der Waals surface area contributed by atoms with E-state index in [4.69, 9.17) is 9.88 Å². The highest BCUT2D eigenvalue weighted by atomic mass is 32.2. The van der Waals surface area contributed by atoms with E-state index in [9.17, 15) is 13.2 Å². The van der Waals surface area contributed by atoms with Crippen LogP contribution in [0.4, 0.5) is 0 Å². The van der Waals surface area contributed by atoms with Crippen molar-refractivity contribution >= 4 is 15.9 Å². The van der Waals surface area contributed by atoms with Crippen molar-refractivity contribution in [2.24, 2.45) is 5.14 Å². The van der Waals surface area contributed by atoms with Crippen molar-refractivity contribution in [3.63, 3.8) is 0 Å². The van der Waals surface area contributed by atoms with Crippen molar-refractivity contribution < 1.29 is 17.9 Å². The van der Waals surface area contributed by atoms with Gasteiger partial charge in [-0.05, 0) is 32.8 Å². The van der Waals surface area contributed by atoms with Crippen LogP contribution in [0.25, 0.3) is 0 Å². The van der Waals surface area contributed by atoms with Gasteiger partial charge in [-0.25, -0.2) is 13.6 Å². The van der Waals surface area contributed by atoms with Gasteiger partial charge in [0.05, 0.1) is 6.61 Å². The molecule has 1 atom stereocenters. The standard InChI is InChI=1S/C13H21N3O4S/c1-3-20-8-9(2)15-13(17)12-6-11(21(14,18)19)7-16(12)10-4-5-10/h6-7,9-10H,3-5,8H2,1-2H3,(H,15,17)(H2,14,18,19). The molecule has 3 N–H and O–H groups in total. The molecule has 0 saturated heterocycles. The largest absolute Gasteiger partial charge is 0.380 e. The van der Waals surface area contributed by atoms with Crippen LogP contribution in [0, 0.1) is 0 Å². The lowest BCUT2D eigenvalue weighted by molar-refractivity contribution is 0.0863. The molecule has 1 heterocycles. The first kappa shape index (κ1) is 16.0. The van der Waals surface area contributed by atoms with Gasteiger partial charge in [-0.1, -0.05) is 0 Å². The maximum Gasteiger partial charge on any atom is 0.268 e. The van der Waals surface area contributed by atoms with Gasteiger partial charge in [-0.2, -0.15) is 0 Å². The van der Waals surface area contributed by atoms with Crippen molar-refractivity contribution in [1.82, 2.24) is 9.88 Å². The van der Waals surface area contributed by atoms with Crippen LogP contribution in [0.3, 0.4) is 0 Å². The number of hydrogen-bond donors (Lipinski definition) is 2. The maximum absolute atomic E-state index is 12.3. The highest BCUT2D eigenvalue weighted by Gasteiger charge is 2.30. The first-order chi connectivity index (χ1) is 9.82.